The summed E-state index contributed by atoms with van der Waals surface area (Å²) in [6.07, 6.45) is 3.25. The summed E-state index contributed by atoms with van der Waals surface area (Å²) in [6, 6.07) is 1.90. The lowest BCUT2D eigenvalue weighted by Gasteiger charge is -2.01. The van der Waals surface area contributed by atoms with E-state index in [1.54, 1.807) is 0 Å². The van der Waals surface area contributed by atoms with Gasteiger partial charge in [0.1, 0.15) is 0 Å². The van der Waals surface area contributed by atoms with Crippen LogP contribution >= 0.6 is 0 Å². The van der Waals surface area contributed by atoms with Crippen molar-refractivity contribution in [2.24, 2.45) is 5.92 Å². The number of methoxy groups -OCH3 is 1. The topological polar surface area (TPSA) is 84.1 Å². The number of hydrogen-bond donors (Lipinski definition) is 2. The molecule has 1 heterocycles. The van der Waals surface area contributed by atoms with Crippen molar-refractivity contribution in [3.63, 3.8) is 0 Å². The molecule has 1 saturated carbocycles. The quantitative estimate of drug-likeness (QED) is 0.592. The molecule has 1 aliphatic rings. The van der Waals surface area contributed by atoms with Crippen LogP contribution in [0.1, 0.15) is 50.6 Å². The number of amides is 1. The fraction of sp³-hybridized carbons (Fsp3) is 0.643. The second kappa shape index (κ2) is 6.54. The van der Waals surface area contributed by atoms with Crippen LogP contribution in [-0.2, 0) is 14.3 Å². The highest BCUT2D eigenvalue weighted by Gasteiger charge is 2.35. The van der Waals surface area contributed by atoms with Gasteiger partial charge in [0.15, 0.2) is 5.82 Å². The fourth-order valence-electron chi connectivity index (χ4n) is 2.21. The van der Waals surface area contributed by atoms with Crippen LogP contribution in [0.15, 0.2) is 6.07 Å². The van der Waals surface area contributed by atoms with Crippen LogP contribution in [0.4, 0.5) is 5.82 Å². The monoisotopic (exact) mass is 279 g/mol. The summed E-state index contributed by atoms with van der Waals surface area (Å²) < 4.78 is 4.54. The third-order valence-corrected chi connectivity index (χ3v) is 3.64. The SMILES string of the molecule is COC(=O)CCCCC(=O)Nc1cc([C@@H]2C[C@H]2C)[nH]n1. The zero-order chi connectivity index (χ0) is 14.5. The van der Waals surface area contributed by atoms with E-state index in [0.29, 0.717) is 43.3 Å². The first-order valence-corrected chi connectivity index (χ1v) is 7.02. The van der Waals surface area contributed by atoms with Gasteiger partial charge in [-0.2, -0.15) is 5.10 Å². The van der Waals surface area contributed by atoms with Crippen LogP contribution in [0.2, 0.25) is 0 Å². The highest BCUT2D eigenvalue weighted by Crippen LogP contribution is 2.46. The number of unbranched alkanes of at least 4 members (excludes halogenated alkanes) is 1. The molecule has 110 valence electrons. The first-order chi connectivity index (χ1) is 9.60. The van der Waals surface area contributed by atoms with E-state index in [-0.39, 0.29) is 11.9 Å². The number of rotatable bonds is 7. The van der Waals surface area contributed by atoms with Gasteiger partial charge in [-0.05, 0) is 25.2 Å². The predicted octanol–water partition coefficient (Wildman–Crippen LogP) is 2.20. The predicted molar refractivity (Wildman–Crippen MR) is 74.2 cm³/mol. The number of H-pyrrole nitrogens is 1. The summed E-state index contributed by atoms with van der Waals surface area (Å²) in [5.74, 6) is 1.54. The Labute approximate surface area is 118 Å². The van der Waals surface area contributed by atoms with E-state index in [0.717, 1.165) is 5.69 Å². The second-order valence-electron chi connectivity index (χ2n) is 5.36. The lowest BCUT2D eigenvalue weighted by atomic mass is 10.2. The van der Waals surface area contributed by atoms with E-state index in [9.17, 15) is 9.59 Å². The van der Waals surface area contributed by atoms with Gasteiger partial charge in [0.2, 0.25) is 5.91 Å². The smallest absolute Gasteiger partial charge is 0.305 e. The minimum atomic E-state index is -0.235. The number of ether oxygens (including phenoxy) is 1. The minimum absolute atomic E-state index is 0.0724. The maximum Gasteiger partial charge on any atom is 0.305 e. The first-order valence-electron chi connectivity index (χ1n) is 7.02. The second-order valence-corrected chi connectivity index (χ2v) is 5.36. The molecule has 2 atom stereocenters. The van der Waals surface area contributed by atoms with Gasteiger partial charge in [-0.1, -0.05) is 6.92 Å². The van der Waals surface area contributed by atoms with Gasteiger partial charge in [0.25, 0.3) is 0 Å². The average Bonchev–Trinajstić information content (AvgIpc) is 2.98. The maximum atomic E-state index is 11.7. The van der Waals surface area contributed by atoms with Gasteiger partial charge in [-0.3, -0.25) is 14.7 Å². The average molecular weight is 279 g/mol. The van der Waals surface area contributed by atoms with E-state index in [1.807, 2.05) is 6.07 Å². The zero-order valence-electron chi connectivity index (χ0n) is 11.9. The number of aromatic amines is 1. The molecule has 0 radical (unpaired) electrons. The molecule has 0 bridgehead atoms. The molecule has 1 aromatic heterocycles. The molecule has 6 heteroatoms. The molecule has 1 aliphatic carbocycles. The Balaban J connectivity index is 1.66. The zero-order valence-corrected chi connectivity index (χ0v) is 11.9. The molecule has 1 amide bonds. The normalized spacial score (nSPS) is 20.5. The van der Waals surface area contributed by atoms with Crippen molar-refractivity contribution < 1.29 is 14.3 Å². The molecule has 6 nitrogen and oxygen atoms in total. The van der Waals surface area contributed by atoms with Crippen LogP contribution in [0.25, 0.3) is 0 Å². The molecule has 1 fully saturated rings. The third-order valence-electron chi connectivity index (χ3n) is 3.64. The van der Waals surface area contributed by atoms with Gasteiger partial charge in [0, 0.05) is 30.5 Å². The van der Waals surface area contributed by atoms with Crippen LogP contribution in [0.5, 0.6) is 0 Å². The summed E-state index contributed by atoms with van der Waals surface area (Å²) in [5.41, 5.74) is 1.10. The van der Waals surface area contributed by atoms with Crippen molar-refractivity contribution >= 4 is 17.7 Å². The molecule has 0 aliphatic heterocycles. The lowest BCUT2D eigenvalue weighted by molar-refractivity contribution is -0.140. The molecule has 1 aromatic rings. The Hall–Kier alpha value is -1.85. The van der Waals surface area contributed by atoms with Gasteiger partial charge in [-0.15, -0.1) is 0 Å². The molecule has 0 saturated heterocycles. The highest BCUT2D eigenvalue weighted by atomic mass is 16.5. The molecule has 0 unspecified atom stereocenters. The van der Waals surface area contributed by atoms with Crippen molar-refractivity contribution in [3.8, 4) is 0 Å². The van der Waals surface area contributed by atoms with Crippen molar-refractivity contribution in [1.29, 1.82) is 0 Å². The highest BCUT2D eigenvalue weighted by molar-refractivity contribution is 5.89. The van der Waals surface area contributed by atoms with Gasteiger partial charge in [-0.25, -0.2) is 0 Å². The Kier molecular flexibility index (Phi) is 4.76. The molecular weight excluding hydrogens is 258 g/mol. The first kappa shape index (κ1) is 14.6. The Morgan fingerprint density at radius 2 is 2.15 bits per heavy atom. The summed E-state index contributed by atoms with van der Waals surface area (Å²) in [7, 11) is 1.37. The number of carbonyl (C=O) groups is 2. The van der Waals surface area contributed by atoms with Crippen molar-refractivity contribution in [1.82, 2.24) is 10.2 Å². The van der Waals surface area contributed by atoms with E-state index in [2.05, 4.69) is 27.2 Å². The molecule has 0 aromatic carbocycles. The minimum Gasteiger partial charge on any atom is -0.469 e. The summed E-state index contributed by atoms with van der Waals surface area (Å²) in [6.45, 7) is 2.20. The van der Waals surface area contributed by atoms with Crippen molar-refractivity contribution in [3.05, 3.63) is 11.8 Å². The molecular formula is C14H21N3O3. The molecule has 2 N–H and O–H groups in total. The number of anilines is 1. The van der Waals surface area contributed by atoms with Crippen LogP contribution in [0.3, 0.4) is 0 Å². The van der Waals surface area contributed by atoms with Gasteiger partial charge in [0.05, 0.1) is 7.11 Å². The third kappa shape index (κ3) is 4.08. The summed E-state index contributed by atoms with van der Waals surface area (Å²) in [5, 5.41) is 9.82. The summed E-state index contributed by atoms with van der Waals surface area (Å²) in [4.78, 5) is 22.6. The summed E-state index contributed by atoms with van der Waals surface area (Å²) >= 11 is 0. The van der Waals surface area contributed by atoms with Crippen LogP contribution in [-0.4, -0.2) is 29.2 Å². The molecule has 0 spiro atoms. The molecule has 20 heavy (non-hydrogen) atoms. The number of aromatic nitrogens is 2. The number of esters is 1. The van der Waals surface area contributed by atoms with E-state index in [1.165, 1.54) is 13.5 Å². The van der Waals surface area contributed by atoms with E-state index < -0.39 is 0 Å². The number of nitrogens with zero attached hydrogens (tertiary/aromatic N) is 1. The van der Waals surface area contributed by atoms with E-state index in [4.69, 9.17) is 0 Å². The van der Waals surface area contributed by atoms with Crippen LogP contribution in [0, 0.1) is 5.92 Å². The van der Waals surface area contributed by atoms with Crippen LogP contribution < -0.4 is 5.32 Å². The standard InChI is InChI=1S/C14H21N3O3/c1-9-7-10(9)11-8-12(17-16-11)15-13(18)5-3-4-6-14(19)20-2/h8-10H,3-7H2,1-2H3,(H2,15,16,17,18)/t9-,10-/m1/s1. The Morgan fingerprint density at radius 1 is 1.45 bits per heavy atom. The Bertz CT molecular complexity index is 484. The van der Waals surface area contributed by atoms with Crippen molar-refractivity contribution in [2.45, 2.75) is 44.9 Å². The largest absolute Gasteiger partial charge is 0.469 e. The van der Waals surface area contributed by atoms with Crippen molar-refractivity contribution in [2.75, 3.05) is 12.4 Å². The number of nitrogens with one attached hydrogen (secondary N) is 2. The maximum absolute atomic E-state index is 11.7. The lowest BCUT2D eigenvalue weighted by Crippen LogP contribution is -2.11. The fourth-order valence-corrected chi connectivity index (χ4v) is 2.21. The Morgan fingerprint density at radius 3 is 2.80 bits per heavy atom. The molecule has 2 rings (SSSR count). The number of hydrogen-bond acceptors (Lipinski definition) is 4. The van der Waals surface area contributed by atoms with Gasteiger partial charge >= 0.3 is 5.97 Å². The van der Waals surface area contributed by atoms with Gasteiger partial charge < -0.3 is 10.1 Å². The van der Waals surface area contributed by atoms with E-state index >= 15 is 0 Å². The number of carbonyl (C=O) groups excluding carboxylic acids is 2.